The lowest BCUT2D eigenvalue weighted by atomic mass is 9.58. The first kappa shape index (κ1) is 29.2. The summed E-state index contributed by atoms with van der Waals surface area (Å²) in [5.41, 5.74) is -0.528. The molecule has 0 spiro atoms. The number of pyridine rings is 1. The lowest BCUT2D eigenvalue weighted by molar-refractivity contribution is -0.0227. The van der Waals surface area contributed by atoms with Crippen LogP contribution in [0.2, 0.25) is 0 Å². The van der Waals surface area contributed by atoms with Gasteiger partial charge in [-0.15, -0.1) is 11.8 Å². The van der Waals surface area contributed by atoms with Crippen molar-refractivity contribution in [2.75, 3.05) is 38.7 Å². The van der Waals surface area contributed by atoms with E-state index in [0.717, 1.165) is 23.6 Å². The number of aromatic nitrogens is 1. The van der Waals surface area contributed by atoms with Gasteiger partial charge in [0, 0.05) is 23.7 Å². The number of methoxy groups -OCH3 is 1. The highest BCUT2D eigenvalue weighted by Crippen LogP contribution is 2.52. The third-order valence-corrected chi connectivity index (χ3v) is 9.41. The average Bonchev–Trinajstić information content (AvgIpc) is 3.06. The van der Waals surface area contributed by atoms with Crippen molar-refractivity contribution < 1.29 is 37.3 Å². The molecule has 1 saturated heterocycles. The van der Waals surface area contributed by atoms with Gasteiger partial charge in [0.15, 0.2) is 17.3 Å². The monoisotopic (exact) mass is 607 g/mol. The molecule has 0 aliphatic carbocycles. The largest absolute Gasteiger partial charge is 0.510 e. The molecule has 220 valence electrons. The standard InChI is InChI=1S/C27H26B3F2N3O7S/c1-39-25(38)42-13-41-23-17(36)8-9-34-22(23)24(37)33-10-11-40-12-19(33)35(34)26(28)14-4-2-3-5-18(14)43-27(29,30)20-15(26)6-7-16(31)21(20)32/h2-9,19H,10-13,28-30H2,1H3/t19-,26+/m1/s1. The molecule has 0 unspecified atom stereocenters. The van der Waals surface area contributed by atoms with E-state index in [1.165, 1.54) is 28.7 Å². The molecule has 1 aromatic heterocycles. The molecular weight excluding hydrogens is 581 g/mol. The lowest BCUT2D eigenvalue weighted by Crippen LogP contribution is -2.71. The predicted octanol–water partition coefficient (Wildman–Crippen LogP) is 0.0125. The zero-order valence-electron chi connectivity index (χ0n) is 23.9. The molecule has 10 nitrogen and oxygen atoms in total. The van der Waals surface area contributed by atoms with Crippen LogP contribution in [0.1, 0.15) is 27.2 Å². The molecule has 0 saturated carbocycles. The maximum Gasteiger partial charge on any atom is 0.510 e. The predicted molar refractivity (Wildman–Crippen MR) is 160 cm³/mol. The number of benzene rings is 2. The van der Waals surface area contributed by atoms with Crippen molar-refractivity contribution in [2.45, 2.75) is 21.0 Å². The first-order chi connectivity index (χ1) is 20.5. The maximum atomic E-state index is 15.9. The fraction of sp³-hybridized carbons (Fsp3) is 0.296. The van der Waals surface area contributed by atoms with Gasteiger partial charge < -0.3 is 23.8 Å². The number of fused-ring (bicyclic) bond motifs is 4. The minimum atomic E-state index is -1.24. The van der Waals surface area contributed by atoms with Gasteiger partial charge in [-0.2, -0.15) is 0 Å². The molecule has 3 aliphatic heterocycles. The van der Waals surface area contributed by atoms with E-state index in [-0.39, 0.29) is 36.8 Å². The van der Waals surface area contributed by atoms with Crippen LogP contribution in [0.5, 0.6) is 5.75 Å². The van der Waals surface area contributed by atoms with E-state index in [0.29, 0.717) is 5.56 Å². The number of amides is 1. The Morgan fingerprint density at radius 2 is 1.88 bits per heavy atom. The quantitative estimate of drug-likeness (QED) is 0.231. The third kappa shape index (κ3) is 4.49. The third-order valence-electron chi connectivity index (χ3n) is 8.12. The summed E-state index contributed by atoms with van der Waals surface area (Å²) in [6.07, 6.45) is -0.285. The van der Waals surface area contributed by atoms with Crippen molar-refractivity contribution in [3.05, 3.63) is 92.9 Å². The molecular formula is C27H26B3F2N3O7S. The van der Waals surface area contributed by atoms with Crippen LogP contribution in [-0.4, -0.2) is 85.0 Å². The van der Waals surface area contributed by atoms with Crippen molar-refractivity contribution in [3.63, 3.8) is 0 Å². The van der Waals surface area contributed by atoms with Crippen LogP contribution in [-0.2, 0) is 24.2 Å². The summed E-state index contributed by atoms with van der Waals surface area (Å²) in [7, 11) is 6.69. The lowest BCUT2D eigenvalue weighted by Gasteiger charge is -2.56. The van der Waals surface area contributed by atoms with Gasteiger partial charge in [-0.1, -0.05) is 24.3 Å². The highest BCUT2D eigenvalue weighted by atomic mass is 32.2. The maximum absolute atomic E-state index is 15.9. The van der Waals surface area contributed by atoms with E-state index in [4.69, 9.17) is 14.2 Å². The van der Waals surface area contributed by atoms with Crippen LogP contribution < -0.4 is 15.2 Å². The highest BCUT2D eigenvalue weighted by molar-refractivity contribution is 8.02. The highest BCUT2D eigenvalue weighted by Gasteiger charge is 2.53. The summed E-state index contributed by atoms with van der Waals surface area (Å²) in [4.78, 5) is 41.1. The normalized spacial score (nSPS) is 21.9. The number of hydrogen-bond donors (Lipinski definition) is 0. The molecule has 1 amide bonds. The number of nitrogens with zero attached hydrogens (tertiary/aromatic N) is 3. The zero-order chi connectivity index (χ0) is 30.7. The first-order valence-electron chi connectivity index (χ1n) is 13.6. The van der Waals surface area contributed by atoms with Crippen LogP contribution in [0.15, 0.2) is 58.4 Å². The number of halogens is 2. The molecule has 16 heteroatoms. The molecule has 6 rings (SSSR count). The van der Waals surface area contributed by atoms with Gasteiger partial charge in [-0.3, -0.25) is 19.3 Å². The number of morpholine rings is 1. The van der Waals surface area contributed by atoms with Gasteiger partial charge in [0.2, 0.25) is 18.0 Å². The van der Waals surface area contributed by atoms with Gasteiger partial charge in [0.25, 0.3) is 5.91 Å². The van der Waals surface area contributed by atoms with E-state index in [2.05, 4.69) is 4.74 Å². The summed E-state index contributed by atoms with van der Waals surface area (Å²) in [6.45, 7) is -0.131. The van der Waals surface area contributed by atoms with Gasteiger partial charge in [-0.25, -0.2) is 13.6 Å². The van der Waals surface area contributed by atoms with E-state index in [1.54, 1.807) is 11.0 Å². The number of ether oxygens (including phenoxy) is 4. The van der Waals surface area contributed by atoms with Crippen molar-refractivity contribution in [3.8, 4) is 5.75 Å². The number of thioether (sulfide) groups is 1. The fourth-order valence-corrected chi connectivity index (χ4v) is 7.64. The summed E-state index contributed by atoms with van der Waals surface area (Å²) in [5, 5.41) is 1.85. The van der Waals surface area contributed by atoms with E-state index >= 15 is 4.39 Å². The van der Waals surface area contributed by atoms with Crippen LogP contribution in [0.4, 0.5) is 13.6 Å². The Hall–Kier alpha value is -3.91. The van der Waals surface area contributed by atoms with E-state index in [1.807, 2.05) is 52.8 Å². The molecule has 0 N–H and O–H groups in total. The van der Waals surface area contributed by atoms with Crippen molar-refractivity contribution in [1.29, 1.82) is 0 Å². The molecule has 3 aliphatic rings. The first-order valence-corrected chi connectivity index (χ1v) is 14.4. The number of carbonyl (C=O) groups is 2. The summed E-state index contributed by atoms with van der Waals surface area (Å²) < 4.78 is 52.2. The molecule has 1 fully saturated rings. The van der Waals surface area contributed by atoms with Crippen molar-refractivity contribution in [2.24, 2.45) is 0 Å². The van der Waals surface area contributed by atoms with Crippen LogP contribution in [0, 0.1) is 11.6 Å². The second kappa shape index (κ2) is 10.7. The Morgan fingerprint density at radius 1 is 1.12 bits per heavy atom. The van der Waals surface area contributed by atoms with Crippen molar-refractivity contribution >= 4 is 47.4 Å². The Labute approximate surface area is 252 Å². The minimum Gasteiger partial charge on any atom is -0.451 e. The molecule has 0 bridgehead atoms. The summed E-state index contributed by atoms with van der Waals surface area (Å²) in [6, 6.07) is 11.5. The second-order valence-corrected chi connectivity index (χ2v) is 12.6. The van der Waals surface area contributed by atoms with Gasteiger partial charge in [0.05, 0.1) is 25.8 Å². The summed E-state index contributed by atoms with van der Waals surface area (Å²) in [5.74, 6) is -2.76. The van der Waals surface area contributed by atoms with E-state index in [9.17, 15) is 18.8 Å². The SMILES string of the molecule is BC1(B)Sc2ccccc2[C@](B)(N2[C@@H]3COCCN3C(=O)c3c(OCOC(=O)OC)c(=O)ccn32)c2ccc(F)c(F)c21. The van der Waals surface area contributed by atoms with E-state index < -0.39 is 52.1 Å². The molecule has 2 aromatic carbocycles. The fourth-order valence-electron chi connectivity index (χ4n) is 6.26. The molecule has 43 heavy (non-hydrogen) atoms. The Bertz CT molecular complexity index is 1710. The van der Waals surface area contributed by atoms with Gasteiger partial charge in [0.1, 0.15) is 29.7 Å². The molecule has 4 heterocycles. The zero-order valence-corrected chi connectivity index (χ0v) is 24.7. The summed E-state index contributed by atoms with van der Waals surface area (Å²) >= 11 is 1.41. The van der Waals surface area contributed by atoms with Crippen LogP contribution in [0.3, 0.4) is 0 Å². The Kier molecular flexibility index (Phi) is 7.24. The van der Waals surface area contributed by atoms with Crippen molar-refractivity contribution in [1.82, 2.24) is 9.58 Å². The molecule has 3 aromatic rings. The smallest absolute Gasteiger partial charge is 0.451 e. The van der Waals surface area contributed by atoms with Gasteiger partial charge >= 0.3 is 6.16 Å². The van der Waals surface area contributed by atoms with Crippen LogP contribution >= 0.6 is 11.8 Å². The minimum absolute atomic E-state index is 0.103. The van der Waals surface area contributed by atoms with Gasteiger partial charge in [-0.05, 0) is 33.4 Å². The Balaban J connectivity index is 1.66. The number of rotatable bonds is 4. The topological polar surface area (TPSA) is 99.5 Å². The molecule has 0 radical (unpaired) electrons. The second-order valence-electron chi connectivity index (χ2n) is 10.9. The molecule has 2 atom stereocenters. The Morgan fingerprint density at radius 3 is 2.65 bits per heavy atom. The average molecular weight is 607 g/mol. The number of hydrogen-bond acceptors (Lipinski definition) is 9. The van der Waals surface area contributed by atoms with Crippen LogP contribution in [0.25, 0.3) is 0 Å². The number of carbonyl (C=O) groups excluding carboxylic acids is 2.